The van der Waals surface area contributed by atoms with Crippen molar-refractivity contribution in [2.75, 3.05) is 19.0 Å². The third-order valence-electron chi connectivity index (χ3n) is 2.07. The highest BCUT2D eigenvalue weighted by Gasteiger charge is 2.32. The van der Waals surface area contributed by atoms with E-state index in [2.05, 4.69) is 0 Å². The number of halogens is 4. The smallest absolute Gasteiger partial charge is 0.332 e. The third-order valence-corrected chi connectivity index (χ3v) is 2.24. The van der Waals surface area contributed by atoms with E-state index >= 15 is 0 Å². The van der Waals surface area contributed by atoms with Gasteiger partial charge in [-0.3, -0.25) is 4.79 Å². The highest BCUT2D eigenvalue weighted by molar-refractivity contribution is 6.18. The molecule has 0 heterocycles. The number of hydrogen-bond donors (Lipinski definition) is 0. The normalized spacial score (nSPS) is 11.6. The number of carbonyl (C=O) groups is 1. The molecule has 0 fully saturated rings. The van der Waals surface area contributed by atoms with Crippen molar-refractivity contribution in [3.05, 3.63) is 0 Å². The molecule has 6 heteroatoms. The van der Waals surface area contributed by atoms with E-state index in [1.165, 1.54) is 0 Å². The minimum atomic E-state index is -4.35. The van der Waals surface area contributed by atoms with Crippen LogP contribution in [0.3, 0.4) is 0 Å². The van der Waals surface area contributed by atoms with Gasteiger partial charge in [-0.2, -0.15) is 13.2 Å². The summed E-state index contributed by atoms with van der Waals surface area (Å²) < 4.78 is 36.4. The Bertz CT molecular complexity index is 209. The number of nitrogens with zero attached hydrogens (tertiary/aromatic N) is 1. The quantitative estimate of drug-likeness (QED) is 0.508. The Labute approximate surface area is 98.7 Å². The Balaban J connectivity index is 4.13. The molecule has 0 aliphatic carbocycles. The van der Waals surface area contributed by atoms with Crippen molar-refractivity contribution < 1.29 is 18.0 Å². The number of amides is 1. The molecule has 0 aromatic rings. The molecule has 0 aliphatic heterocycles. The lowest BCUT2D eigenvalue weighted by Gasteiger charge is -2.23. The molecule has 0 bridgehead atoms. The first kappa shape index (κ1) is 15.6. The molecular formula is C10H17ClF3NO. The maximum Gasteiger partial charge on any atom is 0.406 e. The van der Waals surface area contributed by atoms with E-state index in [1.807, 2.05) is 6.92 Å². The zero-order valence-corrected chi connectivity index (χ0v) is 10.1. The van der Waals surface area contributed by atoms with Gasteiger partial charge in [-0.15, -0.1) is 11.6 Å². The number of carbonyl (C=O) groups excluding carboxylic acids is 1. The first-order valence-electron chi connectivity index (χ1n) is 5.31. The Morgan fingerprint density at radius 1 is 1.31 bits per heavy atom. The van der Waals surface area contributed by atoms with Crippen LogP contribution in [0.4, 0.5) is 13.2 Å². The van der Waals surface area contributed by atoms with Gasteiger partial charge in [-0.25, -0.2) is 0 Å². The maximum atomic E-state index is 12.1. The second kappa shape index (κ2) is 7.76. The first-order chi connectivity index (χ1) is 7.40. The van der Waals surface area contributed by atoms with E-state index in [0.29, 0.717) is 6.42 Å². The van der Waals surface area contributed by atoms with Crippen molar-refractivity contribution in [1.82, 2.24) is 4.90 Å². The summed E-state index contributed by atoms with van der Waals surface area (Å²) in [7, 11) is 0. The van der Waals surface area contributed by atoms with Gasteiger partial charge in [-0.1, -0.05) is 19.8 Å². The fraction of sp³-hybridized carbons (Fsp3) is 0.900. The van der Waals surface area contributed by atoms with Gasteiger partial charge >= 0.3 is 6.18 Å². The molecule has 1 amide bonds. The van der Waals surface area contributed by atoms with E-state index in [-0.39, 0.29) is 18.8 Å². The van der Waals surface area contributed by atoms with Gasteiger partial charge in [0.1, 0.15) is 6.54 Å². The average Bonchev–Trinajstić information content (AvgIpc) is 2.15. The Hall–Kier alpha value is -0.450. The zero-order chi connectivity index (χ0) is 12.6. The Morgan fingerprint density at radius 2 is 1.94 bits per heavy atom. The van der Waals surface area contributed by atoms with Gasteiger partial charge in [0.2, 0.25) is 5.91 Å². The summed E-state index contributed by atoms with van der Waals surface area (Å²) in [6, 6.07) is 0. The molecule has 0 atom stereocenters. The van der Waals surface area contributed by atoms with Crippen LogP contribution in [0, 0.1) is 0 Å². The number of alkyl halides is 4. The highest BCUT2D eigenvalue weighted by Crippen LogP contribution is 2.17. The largest absolute Gasteiger partial charge is 0.406 e. The summed E-state index contributed by atoms with van der Waals surface area (Å²) in [5.41, 5.74) is 0. The topological polar surface area (TPSA) is 20.3 Å². The van der Waals surface area contributed by atoms with E-state index in [1.54, 1.807) is 0 Å². The lowest BCUT2D eigenvalue weighted by molar-refractivity contribution is -0.160. The predicted octanol–water partition coefficient (Wildman–Crippen LogP) is 3.20. The fourth-order valence-corrected chi connectivity index (χ4v) is 1.50. The summed E-state index contributed by atoms with van der Waals surface area (Å²) in [5.74, 6) is -0.443. The second-order valence-electron chi connectivity index (χ2n) is 3.58. The minimum Gasteiger partial charge on any atom is -0.332 e. The van der Waals surface area contributed by atoms with Gasteiger partial charge in [0.25, 0.3) is 0 Å². The van der Waals surface area contributed by atoms with Crippen LogP contribution in [0.2, 0.25) is 0 Å². The van der Waals surface area contributed by atoms with Crippen LogP contribution in [-0.4, -0.2) is 36.0 Å². The van der Waals surface area contributed by atoms with Crippen LogP contribution in [0.5, 0.6) is 0 Å². The van der Waals surface area contributed by atoms with E-state index in [0.717, 1.165) is 17.7 Å². The van der Waals surface area contributed by atoms with Crippen LogP contribution in [0.15, 0.2) is 0 Å². The molecule has 0 spiro atoms. The molecule has 2 nitrogen and oxygen atoms in total. The van der Waals surface area contributed by atoms with E-state index in [4.69, 9.17) is 11.6 Å². The molecule has 0 rings (SSSR count). The van der Waals surface area contributed by atoms with Crippen LogP contribution >= 0.6 is 11.6 Å². The highest BCUT2D eigenvalue weighted by atomic mass is 35.5. The molecular weight excluding hydrogens is 243 g/mol. The molecule has 96 valence electrons. The van der Waals surface area contributed by atoms with E-state index < -0.39 is 18.6 Å². The Morgan fingerprint density at radius 3 is 2.38 bits per heavy atom. The zero-order valence-electron chi connectivity index (χ0n) is 9.32. The van der Waals surface area contributed by atoms with Gasteiger partial charge in [-0.05, 0) is 6.42 Å². The molecule has 0 aliphatic rings. The summed E-state index contributed by atoms with van der Waals surface area (Å²) >= 11 is 5.37. The van der Waals surface area contributed by atoms with Crippen molar-refractivity contribution in [2.45, 2.75) is 38.8 Å². The van der Waals surface area contributed by atoms with Crippen molar-refractivity contribution >= 4 is 17.5 Å². The maximum absolute atomic E-state index is 12.1. The lowest BCUT2D eigenvalue weighted by atomic mass is 10.2. The van der Waals surface area contributed by atoms with Crippen molar-refractivity contribution in [3.63, 3.8) is 0 Å². The van der Waals surface area contributed by atoms with Crippen LogP contribution in [0.25, 0.3) is 0 Å². The molecule has 0 saturated heterocycles. The monoisotopic (exact) mass is 259 g/mol. The number of rotatable bonds is 7. The minimum absolute atomic E-state index is 0.0234. The summed E-state index contributed by atoms with van der Waals surface area (Å²) in [5, 5.41) is 0. The van der Waals surface area contributed by atoms with Gasteiger partial charge < -0.3 is 4.90 Å². The third kappa shape index (κ3) is 7.79. The average molecular weight is 260 g/mol. The number of unbranched alkanes of at least 4 members (excludes halogenated alkanes) is 2. The number of hydrogen-bond acceptors (Lipinski definition) is 1. The van der Waals surface area contributed by atoms with Crippen molar-refractivity contribution in [3.8, 4) is 0 Å². The van der Waals surface area contributed by atoms with Crippen molar-refractivity contribution in [2.24, 2.45) is 0 Å². The molecule has 16 heavy (non-hydrogen) atoms. The summed E-state index contributed by atoms with van der Waals surface area (Å²) in [4.78, 5) is 12.2. The SMILES string of the molecule is CCCCCC(=O)N(CCCl)CC(F)(F)F. The van der Waals surface area contributed by atoms with Crippen molar-refractivity contribution in [1.29, 1.82) is 0 Å². The van der Waals surface area contributed by atoms with E-state index in [9.17, 15) is 18.0 Å². The van der Waals surface area contributed by atoms with Crippen LogP contribution < -0.4 is 0 Å². The molecule has 0 aromatic carbocycles. The first-order valence-corrected chi connectivity index (χ1v) is 5.84. The predicted molar refractivity (Wildman–Crippen MR) is 57.5 cm³/mol. The standard InChI is InChI=1S/C10H17ClF3NO/c1-2-3-4-5-9(16)15(7-6-11)8-10(12,13)14/h2-8H2,1H3. The lowest BCUT2D eigenvalue weighted by Crippen LogP contribution is -2.40. The fourth-order valence-electron chi connectivity index (χ4n) is 1.29. The molecule has 0 radical (unpaired) electrons. The van der Waals surface area contributed by atoms with Gasteiger partial charge in [0.05, 0.1) is 0 Å². The van der Waals surface area contributed by atoms with Gasteiger partial charge in [0, 0.05) is 18.8 Å². The molecule has 0 unspecified atom stereocenters. The molecule has 0 saturated carbocycles. The van der Waals surface area contributed by atoms with Gasteiger partial charge in [0.15, 0.2) is 0 Å². The molecule has 0 aromatic heterocycles. The second-order valence-corrected chi connectivity index (χ2v) is 3.95. The van der Waals surface area contributed by atoms with Crippen LogP contribution in [-0.2, 0) is 4.79 Å². The van der Waals surface area contributed by atoms with Crippen LogP contribution in [0.1, 0.15) is 32.6 Å². The summed E-state index contributed by atoms with van der Waals surface area (Å²) in [6.07, 6.45) is -1.77. The Kier molecular flexibility index (Phi) is 7.55. The molecule has 0 N–H and O–H groups in total. The summed E-state index contributed by atoms with van der Waals surface area (Å²) in [6.45, 7) is 0.716.